The third-order valence-electron chi connectivity index (χ3n) is 4.26. The molecule has 0 radical (unpaired) electrons. The molecule has 26 heavy (non-hydrogen) atoms. The number of nitrogens with two attached hydrogens (primary N) is 1. The number of rotatable bonds is 8. The van der Waals surface area contributed by atoms with Gasteiger partial charge in [-0.2, -0.15) is 0 Å². The van der Waals surface area contributed by atoms with E-state index < -0.39 is 0 Å². The van der Waals surface area contributed by atoms with Crippen LogP contribution in [0.2, 0.25) is 0 Å². The van der Waals surface area contributed by atoms with Crippen LogP contribution in [0.15, 0.2) is 60.7 Å². The Hall–Kier alpha value is -2.39. The van der Waals surface area contributed by atoms with E-state index in [1.54, 1.807) is 0 Å². The molecule has 0 bridgehead atoms. The van der Waals surface area contributed by atoms with Gasteiger partial charge in [0.1, 0.15) is 12.4 Å². The average Bonchev–Trinajstić information content (AvgIpc) is 2.71. The number of fused-ring (bicyclic) bond motifs is 1. The van der Waals surface area contributed by atoms with Gasteiger partial charge in [0, 0.05) is 5.39 Å². The zero-order valence-corrected chi connectivity index (χ0v) is 15.9. The summed E-state index contributed by atoms with van der Waals surface area (Å²) in [4.78, 5) is 4.66. The lowest BCUT2D eigenvalue weighted by Gasteiger charge is -2.08. The molecule has 0 spiro atoms. The summed E-state index contributed by atoms with van der Waals surface area (Å²) in [6.45, 7) is 2.75. The van der Waals surface area contributed by atoms with E-state index in [0.29, 0.717) is 6.61 Å². The lowest BCUT2D eigenvalue weighted by Crippen LogP contribution is -1.99. The van der Waals surface area contributed by atoms with Gasteiger partial charge in [-0.1, -0.05) is 62.6 Å². The van der Waals surface area contributed by atoms with Crippen molar-refractivity contribution >= 4 is 10.9 Å². The summed E-state index contributed by atoms with van der Waals surface area (Å²) in [6, 6.07) is 20.8. The van der Waals surface area contributed by atoms with E-state index in [1.165, 1.54) is 38.3 Å². The Bertz CT molecular complexity index is 786. The largest absolute Gasteiger partial charge is 0.487 e. The Balaban J connectivity index is 0.00000117. The first-order valence-electron chi connectivity index (χ1n) is 9.49. The molecule has 0 fully saturated rings. The second-order valence-corrected chi connectivity index (χ2v) is 6.24. The first kappa shape index (κ1) is 19.9. The molecule has 1 heterocycles. The van der Waals surface area contributed by atoms with Crippen molar-refractivity contribution in [1.29, 1.82) is 0 Å². The highest BCUT2D eigenvalue weighted by Crippen LogP contribution is 2.18. The number of hydrogen-bond acceptors (Lipinski definition) is 3. The third kappa shape index (κ3) is 6.16. The number of aryl methyl sites for hydroxylation is 1. The summed E-state index contributed by atoms with van der Waals surface area (Å²) in [5.41, 5.74) is 7.83. The molecule has 138 valence electrons. The van der Waals surface area contributed by atoms with E-state index in [0.717, 1.165) is 28.8 Å². The molecule has 3 nitrogen and oxygen atoms in total. The van der Waals surface area contributed by atoms with Gasteiger partial charge in [-0.15, -0.1) is 0 Å². The molecular weight excluding hydrogens is 320 g/mol. The number of para-hydroxylation sites is 1. The van der Waals surface area contributed by atoms with Gasteiger partial charge in [-0.05, 0) is 49.7 Å². The SMILES string of the molecule is CCCCCCc1cccc(OCc2ccc3ccccc3n2)c1.CN. The maximum absolute atomic E-state index is 5.95. The molecule has 2 aromatic carbocycles. The van der Waals surface area contributed by atoms with E-state index in [2.05, 4.69) is 48.0 Å². The summed E-state index contributed by atoms with van der Waals surface area (Å²) >= 11 is 0. The predicted molar refractivity (Wildman–Crippen MR) is 110 cm³/mol. The maximum Gasteiger partial charge on any atom is 0.130 e. The van der Waals surface area contributed by atoms with Crippen LogP contribution in [-0.4, -0.2) is 12.0 Å². The molecule has 0 saturated carbocycles. The second-order valence-electron chi connectivity index (χ2n) is 6.24. The van der Waals surface area contributed by atoms with Gasteiger partial charge in [-0.3, -0.25) is 0 Å². The van der Waals surface area contributed by atoms with Crippen LogP contribution in [0.4, 0.5) is 0 Å². The van der Waals surface area contributed by atoms with Crippen molar-refractivity contribution in [3.8, 4) is 5.75 Å². The highest BCUT2D eigenvalue weighted by Gasteiger charge is 2.01. The first-order valence-corrected chi connectivity index (χ1v) is 9.49. The Labute approximate surface area is 157 Å². The lowest BCUT2D eigenvalue weighted by atomic mass is 10.1. The van der Waals surface area contributed by atoms with Gasteiger partial charge < -0.3 is 10.5 Å². The monoisotopic (exact) mass is 350 g/mol. The second kappa shape index (κ2) is 11.3. The van der Waals surface area contributed by atoms with E-state index in [-0.39, 0.29) is 0 Å². The Kier molecular flexibility index (Phi) is 8.64. The van der Waals surface area contributed by atoms with Gasteiger partial charge in [0.25, 0.3) is 0 Å². The summed E-state index contributed by atoms with van der Waals surface area (Å²) in [7, 11) is 1.50. The minimum Gasteiger partial charge on any atom is -0.487 e. The quantitative estimate of drug-likeness (QED) is 0.545. The van der Waals surface area contributed by atoms with Crippen molar-refractivity contribution in [1.82, 2.24) is 4.98 Å². The van der Waals surface area contributed by atoms with Crippen molar-refractivity contribution in [2.75, 3.05) is 7.05 Å². The number of nitrogens with zero attached hydrogens (tertiary/aromatic N) is 1. The van der Waals surface area contributed by atoms with E-state index >= 15 is 0 Å². The lowest BCUT2D eigenvalue weighted by molar-refractivity contribution is 0.301. The van der Waals surface area contributed by atoms with Crippen LogP contribution >= 0.6 is 0 Å². The molecule has 1 aromatic heterocycles. The fraction of sp³-hybridized carbons (Fsp3) is 0.348. The van der Waals surface area contributed by atoms with Gasteiger partial charge in [0.2, 0.25) is 0 Å². The molecule has 3 heteroatoms. The molecule has 3 rings (SSSR count). The number of ether oxygens (including phenoxy) is 1. The van der Waals surface area contributed by atoms with Gasteiger partial charge in [0.05, 0.1) is 11.2 Å². The highest BCUT2D eigenvalue weighted by molar-refractivity contribution is 5.78. The smallest absolute Gasteiger partial charge is 0.130 e. The minimum atomic E-state index is 0.504. The molecule has 2 N–H and O–H groups in total. The molecular formula is C23H30N2O. The molecule has 0 amide bonds. The van der Waals surface area contributed by atoms with Crippen molar-refractivity contribution < 1.29 is 4.74 Å². The van der Waals surface area contributed by atoms with E-state index in [1.807, 2.05) is 30.3 Å². The normalized spacial score (nSPS) is 10.3. The van der Waals surface area contributed by atoms with Crippen LogP contribution in [0, 0.1) is 0 Å². The summed E-state index contributed by atoms with van der Waals surface area (Å²) in [6.07, 6.45) is 6.29. The Morgan fingerprint density at radius 1 is 0.885 bits per heavy atom. The molecule has 0 atom stereocenters. The zero-order chi connectivity index (χ0) is 18.6. The fourth-order valence-electron chi connectivity index (χ4n) is 2.89. The Morgan fingerprint density at radius 3 is 2.58 bits per heavy atom. The summed E-state index contributed by atoms with van der Waals surface area (Å²) < 4.78 is 5.95. The van der Waals surface area contributed by atoms with Crippen LogP contribution in [0.5, 0.6) is 5.75 Å². The minimum absolute atomic E-state index is 0.504. The van der Waals surface area contributed by atoms with Crippen LogP contribution in [0.25, 0.3) is 10.9 Å². The maximum atomic E-state index is 5.95. The molecule has 3 aromatic rings. The molecule has 0 saturated heterocycles. The predicted octanol–water partition coefficient (Wildman–Crippen LogP) is 5.51. The third-order valence-corrected chi connectivity index (χ3v) is 4.26. The van der Waals surface area contributed by atoms with Gasteiger partial charge in [0.15, 0.2) is 0 Å². The zero-order valence-electron chi connectivity index (χ0n) is 15.9. The standard InChI is InChI=1S/C22H25NO.CH5N/c1-2-3-4-5-9-18-10-8-12-21(16-18)24-17-20-15-14-19-11-6-7-13-22(19)23-20;1-2/h6-8,10-16H,2-5,9,17H2,1H3;2H2,1H3. The summed E-state index contributed by atoms with van der Waals surface area (Å²) in [5, 5.41) is 1.16. The number of unbranched alkanes of at least 4 members (excludes halogenated alkanes) is 3. The first-order chi connectivity index (χ1) is 12.8. The topological polar surface area (TPSA) is 48.1 Å². The van der Waals surface area contributed by atoms with Crippen molar-refractivity contribution in [3.05, 3.63) is 71.9 Å². The molecule has 0 aliphatic rings. The van der Waals surface area contributed by atoms with Crippen LogP contribution in [0.3, 0.4) is 0 Å². The summed E-state index contributed by atoms with van der Waals surface area (Å²) in [5.74, 6) is 0.929. The fourth-order valence-corrected chi connectivity index (χ4v) is 2.89. The Morgan fingerprint density at radius 2 is 1.73 bits per heavy atom. The highest BCUT2D eigenvalue weighted by atomic mass is 16.5. The van der Waals surface area contributed by atoms with Crippen molar-refractivity contribution in [2.45, 2.75) is 45.6 Å². The number of pyridine rings is 1. The van der Waals surface area contributed by atoms with Crippen LogP contribution in [0.1, 0.15) is 43.9 Å². The van der Waals surface area contributed by atoms with Crippen LogP contribution < -0.4 is 10.5 Å². The van der Waals surface area contributed by atoms with E-state index in [4.69, 9.17) is 4.74 Å². The van der Waals surface area contributed by atoms with Crippen molar-refractivity contribution in [2.24, 2.45) is 5.73 Å². The average molecular weight is 351 g/mol. The molecule has 0 aliphatic heterocycles. The molecule has 0 unspecified atom stereocenters. The van der Waals surface area contributed by atoms with Crippen molar-refractivity contribution in [3.63, 3.8) is 0 Å². The van der Waals surface area contributed by atoms with E-state index in [9.17, 15) is 0 Å². The van der Waals surface area contributed by atoms with Gasteiger partial charge >= 0.3 is 0 Å². The number of hydrogen-bond donors (Lipinski definition) is 1. The molecule has 0 aliphatic carbocycles. The number of benzene rings is 2. The number of aromatic nitrogens is 1. The van der Waals surface area contributed by atoms with Gasteiger partial charge in [-0.25, -0.2) is 4.98 Å². The van der Waals surface area contributed by atoms with Crippen LogP contribution in [-0.2, 0) is 13.0 Å².